The molecule has 0 unspecified atom stereocenters. The van der Waals surface area contributed by atoms with Gasteiger partial charge in [0.05, 0.1) is 0 Å². The number of hydrogen-bond acceptors (Lipinski definition) is 8. The van der Waals surface area contributed by atoms with Gasteiger partial charge in [-0.25, -0.2) is 4.98 Å². The van der Waals surface area contributed by atoms with Crippen LogP contribution in [-0.2, 0) is 5.41 Å². The van der Waals surface area contributed by atoms with Crippen molar-refractivity contribution in [2.75, 3.05) is 18.0 Å². The second kappa shape index (κ2) is 6.75. The Bertz CT molecular complexity index is 861. The fourth-order valence-corrected chi connectivity index (χ4v) is 3.87. The second-order valence-corrected chi connectivity index (χ2v) is 8.31. The Morgan fingerprint density at radius 1 is 1.15 bits per heavy atom. The van der Waals surface area contributed by atoms with E-state index >= 15 is 0 Å². The maximum Gasteiger partial charge on any atom is 0.230 e. The lowest BCUT2D eigenvalue weighted by Gasteiger charge is -2.29. The highest BCUT2D eigenvalue weighted by molar-refractivity contribution is 7.09. The fraction of sp³-hybridized carbons (Fsp3) is 0.500. The molecule has 3 aromatic heterocycles. The SMILES string of the molecule is CC(C)(C)c1nsc(N2CCC(c3nc(-c4ccccn4)no3)CC2)n1. The molecule has 0 saturated carbocycles. The van der Waals surface area contributed by atoms with Crippen LogP contribution in [0.3, 0.4) is 0 Å². The van der Waals surface area contributed by atoms with Gasteiger partial charge in [-0.2, -0.15) is 9.36 Å². The molecule has 26 heavy (non-hydrogen) atoms. The summed E-state index contributed by atoms with van der Waals surface area (Å²) >= 11 is 1.49. The van der Waals surface area contributed by atoms with Gasteiger partial charge in [-0.15, -0.1) is 0 Å². The molecule has 1 saturated heterocycles. The lowest BCUT2D eigenvalue weighted by molar-refractivity contribution is 0.329. The first-order valence-electron chi connectivity index (χ1n) is 8.85. The number of aromatic nitrogens is 5. The van der Waals surface area contributed by atoms with Crippen LogP contribution in [0.25, 0.3) is 11.5 Å². The van der Waals surface area contributed by atoms with Gasteiger partial charge in [0.1, 0.15) is 11.5 Å². The number of rotatable bonds is 3. The standard InChI is InChI=1S/C18H22N6OS/c1-18(2,3)16-21-17(26-23-16)24-10-7-12(8-11-24)15-20-14(22-25-15)13-6-4-5-9-19-13/h4-6,9,12H,7-8,10-11H2,1-3H3. The highest BCUT2D eigenvalue weighted by atomic mass is 32.1. The van der Waals surface area contributed by atoms with E-state index in [1.54, 1.807) is 6.20 Å². The third kappa shape index (κ3) is 3.46. The van der Waals surface area contributed by atoms with Gasteiger partial charge in [0.15, 0.2) is 0 Å². The Hall–Kier alpha value is -2.35. The second-order valence-electron chi connectivity index (χ2n) is 7.58. The molecule has 4 heterocycles. The maximum absolute atomic E-state index is 5.50. The van der Waals surface area contributed by atoms with Crippen LogP contribution >= 0.6 is 11.5 Å². The number of anilines is 1. The molecule has 0 aliphatic carbocycles. The molecule has 1 aliphatic rings. The Morgan fingerprint density at radius 2 is 1.96 bits per heavy atom. The van der Waals surface area contributed by atoms with E-state index in [1.807, 2.05) is 18.2 Å². The predicted octanol–water partition coefficient (Wildman–Crippen LogP) is 3.66. The molecular formula is C18H22N6OS. The number of pyridine rings is 1. The first kappa shape index (κ1) is 17.1. The molecule has 0 aromatic carbocycles. The Kier molecular flexibility index (Phi) is 4.44. The van der Waals surface area contributed by atoms with Gasteiger partial charge in [0.2, 0.25) is 16.8 Å². The monoisotopic (exact) mass is 370 g/mol. The van der Waals surface area contributed by atoms with E-state index in [0.717, 1.165) is 42.6 Å². The predicted molar refractivity (Wildman–Crippen MR) is 100 cm³/mol. The minimum atomic E-state index is -0.0152. The average Bonchev–Trinajstić information content (AvgIpc) is 3.32. The molecule has 1 fully saturated rings. The normalized spacial score (nSPS) is 16.2. The summed E-state index contributed by atoms with van der Waals surface area (Å²) in [5.41, 5.74) is 0.724. The molecule has 0 N–H and O–H groups in total. The van der Waals surface area contributed by atoms with Crippen LogP contribution in [0.4, 0.5) is 5.13 Å². The van der Waals surface area contributed by atoms with Crippen molar-refractivity contribution in [1.29, 1.82) is 0 Å². The zero-order valence-corrected chi connectivity index (χ0v) is 16.0. The van der Waals surface area contributed by atoms with Crippen molar-refractivity contribution in [3.63, 3.8) is 0 Å². The van der Waals surface area contributed by atoms with Crippen LogP contribution in [-0.4, -0.2) is 37.6 Å². The van der Waals surface area contributed by atoms with E-state index in [9.17, 15) is 0 Å². The summed E-state index contributed by atoms with van der Waals surface area (Å²) in [4.78, 5) is 15.9. The van der Waals surface area contributed by atoms with Gasteiger partial charge in [-0.05, 0) is 25.0 Å². The van der Waals surface area contributed by atoms with E-state index in [1.165, 1.54) is 11.5 Å². The van der Waals surface area contributed by atoms with Crippen molar-refractivity contribution in [2.45, 2.75) is 44.9 Å². The zero-order chi connectivity index (χ0) is 18.1. The first-order valence-corrected chi connectivity index (χ1v) is 9.62. The smallest absolute Gasteiger partial charge is 0.230 e. The van der Waals surface area contributed by atoms with E-state index in [-0.39, 0.29) is 11.3 Å². The zero-order valence-electron chi connectivity index (χ0n) is 15.2. The fourth-order valence-electron chi connectivity index (χ4n) is 2.97. The van der Waals surface area contributed by atoms with Crippen molar-refractivity contribution >= 4 is 16.7 Å². The molecular weight excluding hydrogens is 348 g/mol. The summed E-state index contributed by atoms with van der Waals surface area (Å²) in [6.45, 7) is 8.26. The number of piperidine rings is 1. The third-order valence-corrected chi connectivity index (χ3v) is 5.31. The summed E-state index contributed by atoms with van der Waals surface area (Å²) in [5, 5.41) is 5.09. The van der Waals surface area contributed by atoms with E-state index in [4.69, 9.17) is 9.51 Å². The van der Waals surface area contributed by atoms with Crippen LogP contribution in [0.15, 0.2) is 28.9 Å². The molecule has 0 amide bonds. The van der Waals surface area contributed by atoms with E-state index < -0.39 is 0 Å². The van der Waals surface area contributed by atoms with Crippen LogP contribution in [0.2, 0.25) is 0 Å². The average molecular weight is 370 g/mol. The van der Waals surface area contributed by atoms with E-state index in [0.29, 0.717) is 11.7 Å². The van der Waals surface area contributed by atoms with Crippen LogP contribution in [0.5, 0.6) is 0 Å². The molecule has 7 nitrogen and oxygen atoms in total. The molecule has 0 bridgehead atoms. The summed E-state index contributed by atoms with van der Waals surface area (Å²) in [5.74, 6) is 2.46. The summed E-state index contributed by atoms with van der Waals surface area (Å²) in [6, 6.07) is 5.68. The highest BCUT2D eigenvalue weighted by Gasteiger charge is 2.28. The lowest BCUT2D eigenvalue weighted by Crippen LogP contribution is -2.33. The van der Waals surface area contributed by atoms with Crippen LogP contribution in [0.1, 0.15) is 51.2 Å². The van der Waals surface area contributed by atoms with Crippen molar-refractivity contribution in [1.82, 2.24) is 24.5 Å². The number of nitrogens with zero attached hydrogens (tertiary/aromatic N) is 6. The Labute approximate surface area is 156 Å². The van der Waals surface area contributed by atoms with Gasteiger partial charge in [-0.1, -0.05) is 32.0 Å². The third-order valence-electron chi connectivity index (χ3n) is 4.54. The molecule has 0 atom stereocenters. The molecule has 1 aliphatic heterocycles. The minimum absolute atomic E-state index is 0.0152. The Balaban J connectivity index is 1.41. The summed E-state index contributed by atoms with van der Waals surface area (Å²) in [7, 11) is 0. The van der Waals surface area contributed by atoms with Gasteiger partial charge in [0.25, 0.3) is 0 Å². The van der Waals surface area contributed by atoms with Crippen molar-refractivity contribution in [2.24, 2.45) is 0 Å². The summed E-state index contributed by atoms with van der Waals surface area (Å²) < 4.78 is 10.0. The highest BCUT2D eigenvalue weighted by Crippen LogP contribution is 2.32. The van der Waals surface area contributed by atoms with Crippen molar-refractivity contribution in [3.8, 4) is 11.5 Å². The molecule has 3 aromatic rings. The van der Waals surface area contributed by atoms with E-state index in [2.05, 4.69) is 45.2 Å². The maximum atomic E-state index is 5.50. The lowest BCUT2D eigenvalue weighted by atomic mass is 9.96. The van der Waals surface area contributed by atoms with Gasteiger partial charge in [0, 0.05) is 42.2 Å². The molecule has 4 rings (SSSR count). The minimum Gasteiger partial charge on any atom is -0.347 e. The van der Waals surface area contributed by atoms with Gasteiger partial charge >= 0.3 is 0 Å². The topological polar surface area (TPSA) is 80.8 Å². The van der Waals surface area contributed by atoms with Crippen LogP contribution < -0.4 is 4.90 Å². The van der Waals surface area contributed by atoms with Crippen molar-refractivity contribution < 1.29 is 4.52 Å². The first-order chi connectivity index (χ1) is 12.5. The molecule has 0 radical (unpaired) electrons. The quantitative estimate of drug-likeness (QED) is 0.696. The van der Waals surface area contributed by atoms with Gasteiger partial charge < -0.3 is 9.42 Å². The van der Waals surface area contributed by atoms with Crippen LogP contribution in [0, 0.1) is 0 Å². The molecule has 0 spiro atoms. The molecule has 8 heteroatoms. The largest absolute Gasteiger partial charge is 0.347 e. The molecule has 136 valence electrons. The van der Waals surface area contributed by atoms with Crippen molar-refractivity contribution in [3.05, 3.63) is 36.1 Å². The number of hydrogen-bond donors (Lipinski definition) is 0. The Morgan fingerprint density at radius 3 is 2.62 bits per heavy atom. The van der Waals surface area contributed by atoms with Gasteiger partial charge in [-0.3, -0.25) is 4.98 Å². The summed E-state index contributed by atoms with van der Waals surface area (Å²) in [6.07, 6.45) is 3.67.